The highest BCUT2D eigenvalue weighted by Gasteiger charge is 2.21. The zero-order valence-electron chi connectivity index (χ0n) is 10.5. The number of carbonyl (C=O) groups excluding carboxylic acids is 1. The molecule has 3 nitrogen and oxygen atoms in total. The standard InChI is InChI=1S/C14H20N2O/c1-10(2)11-5-3-6-12(9-11)16-14(17)13-7-4-8-15-13/h3,5-6,9-10,13,15H,4,7-8H2,1-2H3,(H,16,17). The predicted molar refractivity (Wildman–Crippen MR) is 70.2 cm³/mol. The predicted octanol–water partition coefficient (Wildman–Crippen LogP) is 2.50. The van der Waals surface area contributed by atoms with Crippen LogP contribution in [0.1, 0.15) is 38.2 Å². The first-order valence-electron chi connectivity index (χ1n) is 6.31. The van der Waals surface area contributed by atoms with Gasteiger partial charge < -0.3 is 10.6 Å². The Morgan fingerprint density at radius 3 is 2.94 bits per heavy atom. The Bertz CT molecular complexity index is 395. The van der Waals surface area contributed by atoms with Gasteiger partial charge in [-0.3, -0.25) is 4.79 Å². The smallest absolute Gasteiger partial charge is 0.241 e. The van der Waals surface area contributed by atoms with Crippen LogP contribution >= 0.6 is 0 Å². The summed E-state index contributed by atoms with van der Waals surface area (Å²) in [6.45, 7) is 5.25. The van der Waals surface area contributed by atoms with Crippen LogP contribution in [0.25, 0.3) is 0 Å². The summed E-state index contributed by atoms with van der Waals surface area (Å²) in [5.41, 5.74) is 2.15. The maximum Gasteiger partial charge on any atom is 0.241 e. The van der Waals surface area contributed by atoms with Crippen molar-refractivity contribution in [1.29, 1.82) is 0 Å². The van der Waals surface area contributed by atoms with Crippen molar-refractivity contribution in [2.45, 2.75) is 38.6 Å². The molecule has 1 amide bonds. The summed E-state index contributed by atoms with van der Waals surface area (Å²) in [5, 5.41) is 6.18. The number of hydrogen-bond acceptors (Lipinski definition) is 2. The Kier molecular flexibility index (Phi) is 3.79. The summed E-state index contributed by atoms with van der Waals surface area (Å²) in [6, 6.07) is 8.06. The highest BCUT2D eigenvalue weighted by Crippen LogP contribution is 2.19. The van der Waals surface area contributed by atoms with E-state index in [1.807, 2.05) is 12.1 Å². The molecule has 17 heavy (non-hydrogen) atoms. The van der Waals surface area contributed by atoms with Crippen LogP contribution < -0.4 is 10.6 Å². The SMILES string of the molecule is CC(C)c1cccc(NC(=O)C2CCCN2)c1. The normalized spacial score (nSPS) is 19.6. The first-order chi connectivity index (χ1) is 8.16. The maximum atomic E-state index is 11.9. The Balaban J connectivity index is 2.02. The second-order valence-corrected chi connectivity index (χ2v) is 4.92. The van der Waals surface area contributed by atoms with Crippen molar-refractivity contribution in [2.24, 2.45) is 0 Å². The topological polar surface area (TPSA) is 41.1 Å². The van der Waals surface area contributed by atoms with Crippen LogP contribution in [-0.4, -0.2) is 18.5 Å². The number of amides is 1. The monoisotopic (exact) mass is 232 g/mol. The van der Waals surface area contributed by atoms with Crippen molar-refractivity contribution in [1.82, 2.24) is 5.32 Å². The van der Waals surface area contributed by atoms with Gasteiger partial charge >= 0.3 is 0 Å². The molecule has 1 fully saturated rings. The van der Waals surface area contributed by atoms with Gasteiger partial charge in [0.05, 0.1) is 6.04 Å². The average Bonchev–Trinajstić information content (AvgIpc) is 2.82. The molecule has 1 aromatic rings. The molecule has 1 aliphatic rings. The van der Waals surface area contributed by atoms with E-state index in [0.717, 1.165) is 25.1 Å². The van der Waals surface area contributed by atoms with Crippen molar-refractivity contribution in [3.05, 3.63) is 29.8 Å². The van der Waals surface area contributed by atoms with Crippen molar-refractivity contribution in [3.8, 4) is 0 Å². The zero-order chi connectivity index (χ0) is 12.3. The zero-order valence-corrected chi connectivity index (χ0v) is 10.5. The molecular weight excluding hydrogens is 212 g/mol. The first kappa shape index (κ1) is 12.1. The van der Waals surface area contributed by atoms with E-state index in [1.54, 1.807) is 0 Å². The molecule has 1 aromatic carbocycles. The van der Waals surface area contributed by atoms with Crippen molar-refractivity contribution in [2.75, 3.05) is 11.9 Å². The Morgan fingerprint density at radius 1 is 1.47 bits per heavy atom. The fraction of sp³-hybridized carbons (Fsp3) is 0.500. The Morgan fingerprint density at radius 2 is 2.29 bits per heavy atom. The van der Waals surface area contributed by atoms with Gasteiger partial charge in [-0.05, 0) is 43.0 Å². The molecule has 3 heteroatoms. The molecule has 0 spiro atoms. The molecule has 2 N–H and O–H groups in total. The molecule has 2 rings (SSSR count). The van der Waals surface area contributed by atoms with E-state index in [0.29, 0.717) is 5.92 Å². The lowest BCUT2D eigenvalue weighted by Crippen LogP contribution is -2.35. The van der Waals surface area contributed by atoms with Gasteiger partial charge in [-0.15, -0.1) is 0 Å². The summed E-state index contributed by atoms with van der Waals surface area (Å²) in [7, 11) is 0. The Labute approximate surface area is 103 Å². The molecule has 0 bridgehead atoms. The van der Waals surface area contributed by atoms with Gasteiger partial charge in [0.25, 0.3) is 0 Å². The summed E-state index contributed by atoms with van der Waals surface area (Å²) in [4.78, 5) is 11.9. The molecule has 0 saturated carbocycles. The lowest BCUT2D eigenvalue weighted by molar-refractivity contribution is -0.117. The summed E-state index contributed by atoms with van der Waals surface area (Å²) < 4.78 is 0. The van der Waals surface area contributed by atoms with E-state index >= 15 is 0 Å². The number of rotatable bonds is 3. The van der Waals surface area contributed by atoms with Gasteiger partial charge in [0.1, 0.15) is 0 Å². The third-order valence-corrected chi connectivity index (χ3v) is 3.20. The number of benzene rings is 1. The molecule has 0 radical (unpaired) electrons. The van der Waals surface area contributed by atoms with Crippen LogP contribution in [0.2, 0.25) is 0 Å². The minimum absolute atomic E-state index is 0.0160. The summed E-state index contributed by atoms with van der Waals surface area (Å²) in [5.74, 6) is 0.569. The van der Waals surface area contributed by atoms with E-state index in [4.69, 9.17) is 0 Å². The highest BCUT2D eigenvalue weighted by atomic mass is 16.2. The van der Waals surface area contributed by atoms with Gasteiger partial charge in [0.15, 0.2) is 0 Å². The average molecular weight is 232 g/mol. The number of nitrogens with one attached hydrogen (secondary N) is 2. The van der Waals surface area contributed by atoms with E-state index in [9.17, 15) is 4.79 Å². The van der Waals surface area contributed by atoms with Crippen molar-refractivity contribution in [3.63, 3.8) is 0 Å². The molecule has 1 atom stereocenters. The quantitative estimate of drug-likeness (QED) is 0.840. The molecule has 92 valence electrons. The van der Waals surface area contributed by atoms with Crippen LogP contribution in [0.4, 0.5) is 5.69 Å². The van der Waals surface area contributed by atoms with Crippen LogP contribution in [0.5, 0.6) is 0 Å². The summed E-state index contributed by atoms with van der Waals surface area (Å²) >= 11 is 0. The third-order valence-electron chi connectivity index (χ3n) is 3.20. The fourth-order valence-electron chi connectivity index (χ4n) is 2.11. The first-order valence-corrected chi connectivity index (χ1v) is 6.31. The lowest BCUT2D eigenvalue weighted by Gasteiger charge is -2.13. The third kappa shape index (κ3) is 3.07. The van der Waals surface area contributed by atoms with Crippen LogP contribution in [0.3, 0.4) is 0 Å². The maximum absolute atomic E-state index is 11.9. The van der Waals surface area contributed by atoms with E-state index in [-0.39, 0.29) is 11.9 Å². The van der Waals surface area contributed by atoms with Gasteiger partial charge in [-0.1, -0.05) is 26.0 Å². The van der Waals surface area contributed by atoms with E-state index in [2.05, 4.69) is 36.6 Å². The molecule has 1 unspecified atom stereocenters. The van der Waals surface area contributed by atoms with Gasteiger partial charge in [0.2, 0.25) is 5.91 Å². The van der Waals surface area contributed by atoms with Crippen molar-refractivity contribution >= 4 is 11.6 Å². The van der Waals surface area contributed by atoms with Crippen LogP contribution in [-0.2, 0) is 4.79 Å². The molecule has 1 heterocycles. The van der Waals surface area contributed by atoms with Crippen LogP contribution in [0.15, 0.2) is 24.3 Å². The van der Waals surface area contributed by atoms with Gasteiger partial charge in [-0.2, -0.15) is 0 Å². The molecule has 0 aromatic heterocycles. The fourth-order valence-corrected chi connectivity index (χ4v) is 2.11. The minimum atomic E-state index is -0.0160. The van der Waals surface area contributed by atoms with E-state index in [1.165, 1.54) is 5.56 Å². The highest BCUT2D eigenvalue weighted by molar-refractivity contribution is 5.95. The molecule has 0 aliphatic carbocycles. The minimum Gasteiger partial charge on any atom is -0.325 e. The van der Waals surface area contributed by atoms with Gasteiger partial charge in [-0.25, -0.2) is 0 Å². The number of carbonyl (C=O) groups is 1. The number of anilines is 1. The van der Waals surface area contributed by atoms with Crippen molar-refractivity contribution < 1.29 is 4.79 Å². The largest absolute Gasteiger partial charge is 0.325 e. The molecular formula is C14H20N2O. The Hall–Kier alpha value is -1.35. The lowest BCUT2D eigenvalue weighted by atomic mass is 10.0. The number of hydrogen-bond donors (Lipinski definition) is 2. The van der Waals surface area contributed by atoms with Crippen LogP contribution in [0, 0.1) is 0 Å². The second-order valence-electron chi connectivity index (χ2n) is 4.92. The second kappa shape index (κ2) is 5.32. The molecule has 1 aliphatic heterocycles. The van der Waals surface area contributed by atoms with Gasteiger partial charge in [0, 0.05) is 5.69 Å². The molecule has 1 saturated heterocycles. The van der Waals surface area contributed by atoms with E-state index < -0.39 is 0 Å². The summed E-state index contributed by atoms with van der Waals surface area (Å²) in [6.07, 6.45) is 2.03.